The molecule has 0 saturated heterocycles. The van der Waals surface area contributed by atoms with Crippen LogP contribution in [0.2, 0.25) is 0 Å². The predicted molar refractivity (Wildman–Crippen MR) is 117 cm³/mol. The van der Waals surface area contributed by atoms with Crippen LogP contribution in [-0.2, 0) is 9.53 Å². The van der Waals surface area contributed by atoms with Crippen LogP contribution in [0.25, 0.3) is 11.3 Å². The van der Waals surface area contributed by atoms with Crippen molar-refractivity contribution in [3.63, 3.8) is 0 Å². The van der Waals surface area contributed by atoms with Crippen LogP contribution in [-0.4, -0.2) is 40.6 Å². The lowest BCUT2D eigenvalue weighted by atomic mass is 10.1. The summed E-state index contributed by atoms with van der Waals surface area (Å²) < 4.78 is 5.27. The minimum absolute atomic E-state index is 0.267. The lowest BCUT2D eigenvalue weighted by molar-refractivity contribution is -0.118. The SMILES string of the molecule is CSCCC(NC(=O)OC(C)(C)C)C(=O)Nc1ccc(-c2csc(C)n2)cc1. The summed E-state index contributed by atoms with van der Waals surface area (Å²) in [4.78, 5) is 29.2. The summed E-state index contributed by atoms with van der Waals surface area (Å²) >= 11 is 3.22. The van der Waals surface area contributed by atoms with E-state index < -0.39 is 17.7 Å². The van der Waals surface area contributed by atoms with Crippen molar-refractivity contribution < 1.29 is 14.3 Å². The van der Waals surface area contributed by atoms with Crippen molar-refractivity contribution in [1.82, 2.24) is 10.3 Å². The minimum Gasteiger partial charge on any atom is -0.444 e. The van der Waals surface area contributed by atoms with Gasteiger partial charge in [-0.2, -0.15) is 11.8 Å². The van der Waals surface area contributed by atoms with Gasteiger partial charge in [0.2, 0.25) is 5.91 Å². The molecular weight excluding hydrogens is 394 g/mol. The average Bonchev–Trinajstić information content (AvgIpc) is 3.04. The number of alkyl carbamates (subject to hydrolysis) is 1. The number of aryl methyl sites for hydroxylation is 1. The van der Waals surface area contributed by atoms with E-state index >= 15 is 0 Å². The van der Waals surface area contributed by atoms with E-state index in [2.05, 4.69) is 15.6 Å². The first kappa shape index (κ1) is 22.2. The van der Waals surface area contributed by atoms with E-state index in [0.717, 1.165) is 22.0 Å². The van der Waals surface area contributed by atoms with Gasteiger partial charge in [-0.25, -0.2) is 9.78 Å². The fourth-order valence-electron chi connectivity index (χ4n) is 2.40. The maximum Gasteiger partial charge on any atom is 0.408 e. The van der Waals surface area contributed by atoms with Crippen molar-refractivity contribution in [3.05, 3.63) is 34.7 Å². The zero-order valence-electron chi connectivity index (χ0n) is 16.9. The number of ether oxygens (including phenoxy) is 1. The number of aromatic nitrogens is 1. The summed E-state index contributed by atoms with van der Waals surface area (Å²) in [6.45, 7) is 7.33. The van der Waals surface area contributed by atoms with Crippen LogP contribution in [0.1, 0.15) is 32.2 Å². The summed E-state index contributed by atoms with van der Waals surface area (Å²) in [6.07, 6.45) is 1.88. The Balaban J connectivity index is 2.02. The fraction of sp³-hybridized carbons (Fsp3) is 0.450. The van der Waals surface area contributed by atoms with Gasteiger partial charge in [-0.1, -0.05) is 12.1 Å². The molecule has 2 rings (SSSR count). The maximum absolute atomic E-state index is 12.7. The fourth-order valence-corrected chi connectivity index (χ4v) is 3.50. The maximum atomic E-state index is 12.7. The highest BCUT2D eigenvalue weighted by Gasteiger charge is 2.24. The molecule has 1 aromatic carbocycles. The van der Waals surface area contributed by atoms with Crippen molar-refractivity contribution in [1.29, 1.82) is 0 Å². The third kappa shape index (κ3) is 7.16. The van der Waals surface area contributed by atoms with E-state index in [0.29, 0.717) is 12.1 Å². The smallest absolute Gasteiger partial charge is 0.408 e. The summed E-state index contributed by atoms with van der Waals surface area (Å²) in [5.41, 5.74) is 1.97. The number of thiazole rings is 1. The summed E-state index contributed by atoms with van der Waals surface area (Å²) in [5.74, 6) is 0.480. The molecule has 8 heteroatoms. The average molecular weight is 422 g/mol. The number of amides is 2. The largest absolute Gasteiger partial charge is 0.444 e. The van der Waals surface area contributed by atoms with Gasteiger partial charge in [-0.15, -0.1) is 11.3 Å². The Morgan fingerprint density at radius 1 is 1.25 bits per heavy atom. The van der Waals surface area contributed by atoms with Crippen molar-refractivity contribution in [2.75, 3.05) is 17.3 Å². The van der Waals surface area contributed by atoms with E-state index in [4.69, 9.17) is 4.74 Å². The van der Waals surface area contributed by atoms with Crippen LogP contribution < -0.4 is 10.6 Å². The molecule has 2 N–H and O–H groups in total. The zero-order valence-corrected chi connectivity index (χ0v) is 18.5. The molecule has 2 amide bonds. The van der Waals surface area contributed by atoms with Gasteiger partial charge in [-0.05, 0) is 58.3 Å². The molecule has 1 atom stereocenters. The topological polar surface area (TPSA) is 80.3 Å². The first-order chi connectivity index (χ1) is 13.2. The van der Waals surface area contributed by atoms with Crippen molar-refractivity contribution >= 4 is 40.8 Å². The minimum atomic E-state index is -0.664. The van der Waals surface area contributed by atoms with Crippen LogP contribution in [0.5, 0.6) is 0 Å². The molecule has 1 unspecified atom stereocenters. The molecule has 0 aliphatic rings. The number of nitrogens with one attached hydrogen (secondary N) is 2. The molecular formula is C20H27N3O3S2. The Kier molecular flexibility index (Phi) is 7.88. The molecule has 6 nitrogen and oxygen atoms in total. The molecule has 1 aromatic heterocycles. The Morgan fingerprint density at radius 2 is 1.93 bits per heavy atom. The second-order valence-corrected chi connectivity index (χ2v) is 9.35. The summed E-state index contributed by atoms with van der Waals surface area (Å²) in [6, 6.07) is 6.84. The highest BCUT2D eigenvalue weighted by molar-refractivity contribution is 7.98. The summed E-state index contributed by atoms with van der Waals surface area (Å²) in [7, 11) is 0. The van der Waals surface area contributed by atoms with Crippen LogP contribution in [0.4, 0.5) is 10.5 Å². The van der Waals surface area contributed by atoms with E-state index in [1.807, 2.05) is 42.8 Å². The number of benzene rings is 1. The molecule has 2 aromatic rings. The Bertz CT molecular complexity index is 798. The monoisotopic (exact) mass is 421 g/mol. The molecule has 0 aliphatic heterocycles. The van der Waals surface area contributed by atoms with Crippen LogP contribution >= 0.6 is 23.1 Å². The lowest BCUT2D eigenvalue weighted by Gasteiger charge is -2.23. The quantitative estimate of drug-likeness (QED) is 0.677. The van der Waals surface area contributed by atoms with Crippen LogP contribution in [0, 0.1) is 6.92 Å². The van der Waals surface area contributed by atoms with Crippen LogP contribution in [0.15, 0.2) is 29.6 Å². The first-order valence-corrected chi connectivity index (χ1v) is 11.3. The van der Waals surface area contributed by atoms with E-state index in [9.17, 15) is 9.59 Å². The molecule has 28 heavy (non-hydrogen) atoms. The predicted octanol–water partition coefficient (Wildman–Crippen LogP) is 4.70. The van der Waals surface area contributed by atoms with Gasteiger partial charge in [0.1, 0.15) is 11.6 Å². The number of thioether (sulfide) groups is 1. The Labute approximate surface area is 174 Å². The van der Waals surface area contributed by atoms with Gasteiger partial charge in [-0.3, -0.25) is 4.79 Å². The second-order valence-electron chi connectivity index (χ2n) is 7.30. The van der Waals surface area contributed by atoms with Gasteiger partial charge >= 0.3 is 6.09 Å². The molecule has 0 saturated carbocycles. The zero-order chi connectivity index (χ0) is 20.7. The van der Waals surface area contributed by atoms with Gasteiger partial charge in [0.05, 0.1) is 10.7 Å². The summed E-state index contributed by atoms with van der Waals surface area (Å²) in [5, 5.41) is 8.56. The number of hydrogen-bond acceptors (Lipinski definition) is 6. The van der Waals surface area contributed by atoms with Crippen molar-refractivity contribution in [3.8, 4) is 11.3 Å². The normalized spacial score (nSPS) is 12.3. The highest BCUT2D eigenvalue weighted by atomic mass is 32.2. The molecule has 0 bridgehead atoms. The number of carbonyl (C=O) groups excluding carboxylic acids is 2. The van der Waals surface area contributed by atoms with Crippen molar-refractivity contribution in [2.24, 2.45) is 0 Å². The third-order valence-corrected chi connectivity index (χ3v) is 5.10. The van der Waals surface area contributed by atoms with Gasteiger partial charge < -0.3 is 15.4 Å². The van der Waals surface area contributed by atoms with Gasteiger partial charge in [0.25, 0.3) is 0 Å². The van der Waals surface area contributed by atoms with E-state index in [1.165, 1.54) is 0 Å². The molecule has 152 valence electrons. The third-order valence-electron chi connectivity index (χ3n) is 3.69. The van der Waals surface area contributed by atoms with E-state index in [-0.39, 0.29) is 5.91 Å². The number of rotatable bonds is 7. The van der Waals surface area contributed by atoms with Crippen molar-refractivity contribution in [2.45, 2.75) is 45.8 Å². The van der Waals surface area contributed by atoms with Crippen LogP contribution in [0.3, 0.4) is 0 Å². The highest BCUT2D eigenvalue weighted by Crippen LogP contribution is 2.23. The Hall–Kier alpha value is -2.06. The number of nitrogens with zero attached hydrogens (tertiary/aromatic N) is 1. The molecule has 0 fully saturated rings. The number of carbonyl (C=O) groups is 2. The molecule has 0 radical (unpaired) electrons. The molecule has 1 heterocycles. The standard InChI is InChI=1S/C20H27N3O3S2/c1-13-21-17(12-28-13)14-6-8-15(9-7-14)22-18(24)16(10-11-27-5)23-19(25)26-20(2,3)4/h6-9,12,16H,10-11H2,1-5H3,(H,22,24)(H,23,25). The molecule has 0 spiro atoms. The molecule has 0 aliphatic carbocycles. The second kappa shape index (κ2) is 9.93. The van der Waals surface area contributed by atoms with Gasteiger partial charge in [0.15, 0.2) is 0 Å². The lowest BCUT2D eigenvalue weighted by Crippen LogP contribution is -2.46. The van der Waals surface area contributed by atoms with E-state index in [1.54, 1.807) is 43.9 Å². The number of anilines is 1. The first-order valence-electron chi connectivity index (χ1n) is 9.00. The van der Waals surface area contributed by atoms with Gasteiger partial charge in [0, 0.05) is 16.6 Å². The Morgan fingerprint density at radius 3 is 2.46 bits per heavy atom. The number of hydrogen-bond donors (Lipinski definition) is 2.